The second-order valence-electron chi connectivity index (χ2n) is 6.95. The third kappa shape index (κ3) is 3.63. The number of ether oxygens (including phenoxy) is 3. The topological polar surface area (TPSA) is 94.0 Å². The molecule has 2 heterocycles. The maximum Gasteiger partial charge on any atom is 0.586 e. The van der Waals surface area contributed by atoms with E-state index in [0.29, 0.717) is 28.1 Å². The van der Waals surface area contributed by atoms with Crippen molar-refractivity contribution in [1.29, 1.82) is 0 Å². The van der Waals surface area contributed by atoms with Gasteiger partial charge in [0.25, 0.3) is 0 Å². The number of rotatable bonds is 4. The molecule has 0 amide bonds. The highest BCUT2D eigenvalue weighted by molar-refractivity contribution is 5.85. The molecule has 0 saturated carbocycles. The van der Waals surface area contributed by atoms with E-state index < -0.39 is 12.5 Å². The second kappa shape index (κ2) is 6.97. The van der Waals surface area contributed by atoms with E-state index >= 15 is 0 Å². The Kier molecular flexibility index (Phi) is 4.56. The number of hydrogen-bond donors (Lipinski definition) is 1. The molecular weight excluding hydrogens is 400 g/mol. The van der Waals surface area contributed by atoms with Gasteiger partial charge in [0.1, 0.15) is 11.4 Å². The van der Waals surface area contributed by atoms with E-state index in [2.05, 4.69) is 24.2 Å². The van der Waals surface area contributed by atoms with Gasteiger partial charge in [-0.15, -0.1) is 8.78 Å². The number of benzene rings is 2. The molecule has 3 aromatic rings. The lowest BCUT2D eigenvalue weighted by molar-refractivity contribution is -0.286. The minimum absolute atomic E-state index is 0.0484. The molecule has 0 radical (unpaired) electrons. The Morgan fingerprint density at radius 1 is 1.10 bits per heavy atom. The van der Waals surface area contributed by atoms with Gasteiger partial charge in [-0.1, -0.05) is 0 Å². The third-order valence-electron chi connectivity index (χ3n) is 4.61. The molecule has 1 aromatic heterocycles. The number of nitrogens with zero attached hydrogens (tertiary/aromatic N) is 3. The molecule has 2 aromatic carbocycles. The SMILES string of the molecule is CC(C)N(C)c1nc2cc(OC(=O)O)ccc2nc1-c1ccc2c(c1)OC(F)(F)O2. The average Bonchev–Trinajstić information content (AvgIpc) is 2.98. The van der Waals surface area contributed by atoms with E-state index in [9.17, 15) is 13.6 Å². The van der Waals surface area contributed by atoms with Crippen LogP contribution in [-0.4, -0.2) is 40.6 Å². The van der Waals surface area contributed by atoms with Gasteiger partial charge in [0.2, 0.25) is 0 Å². The summed E-state index contributed by atoms with van der Waals surface area (Å²) in [5.74, 6) is 0.436. The maximum atomic E-state index is 13.4. The molecule has 1 aliphatic rings. The van der Waals surface area contributed by atoms with E-state index in [1.165, 1.54) is 24.3 Å². The molecule has 0 bridgehead atoms. The highest BCUT2D eigenvalue weighted by atomic mass is 19.3. The van der Waals surface area contributed by atoms with E-state index in [0.717, 1.165) is 0 Å². The second-order valence-corrected chi connectivity index (χ2v) is 6.95. The smallest absolute Gasteiger partial charge is 0.449 e. The molecule has 1 aliphatic heterocycles. The summed E-state index contributed by atoms with van der Waals surface area (Å²) < 4.78 is 40.5. The quantitative estimate of drug-likeness (QED) is 0.489. The van der Waals surface area contributed by atoms with Crippen LogP contribution in [0.25, 0.3) is 22.3 Å². The van der Waals surface area contributed by atoms with Crippen LogP contribution >= 0.6 is 0 Å². The first-order chi connectivity index (χ1) is 14.1. The monoisotopic (exact) mass is 417 g/mol. The third-order valence-corrected chi connectivity index (χ3v) is 4.61. The lowest BCUT2D eigenvalue weighted by atomic mass is 10.1. The van der Waals surface area contributed by atoms with Gasteiger partial charge >= 0.3 is 12.5 Å². The van der Waals surface area contributed by atoms with Crippen molar-refractivity contribution < 1.29 is 32.9 Å². The van der Waals surface area contributed by atoms with Crippen molar-refractivity contribution in [3.8, 4) is 28.5 Å². The van der Waals surface area contributed by atoms with Crippen molar-refractivity contribution in [2.24, 2.45) is 0 Å². The standard InChI is InChI=1S/C20H17F2N3O5/c1-10(2)25(3)18-17(11-4-7-15-16(8-11)30-20(21,22)29-15)23-13-6-5-12(28-19(26)27)9-14(13)24-18/h4-10H,1-3H3,(H,26,27). The van der Waals surface area contributed by atoms with Crippen LogP contribution in [0.3, 0.4) is 0 Å². The molecule has 4 rings (SSSR count). The molecule has 156 valence electrons. The Morgan fingerprint density at radius 3 is 2.53 bits per heavy atom. The normalized spacial score (nSPS) is 14.2. The molecule has 0 spiro atoms. The largest absolute Gasteiger partial charge is 0.586 e. The molecule has 0 unspecified atom stereocenters. The summed E-state index contributed by atoms with van der Waals surface area (Å²) in [4.78, 5) is 21.9. The van der Waals surface area contributed by atoms with Gasteiger partial charge in [-0.2, -0.15) is 0 Å². The number of alkyl halides is 2. The zero-order valence-electron chi connectivity index (χ0n) is 16.2. The van der Waals surface area contributed by atoms with Crippen molar-refractivity contribution in [3.05, 3.63) is 36.4 Å². The molecule has 8 nitrogen and oxygen atoms in total. The Morgan fingerprint density at radius 2 is 1.83 bits per heavy atom. The van der Waals surface area contributed by atoms with Crippen molar-refractivity contribution in [1.82, 2.24) is 9.97 Å². The van der Waals surface area contributed by atoms with Crippen molar-refractivity contribution in [3.63, 3.8) is 0 Å². The zero-order chi connectivity index (χ0) is 21.6. The van der Waals surface area contributed by atoms with Crippen LogP contribution in [0.2, 0.25) is 0 Å². The van der Waals surface area contributed by atoms with E-state index in [-0.39, 0.29) is 23.3 Å². The molecule has 30 heavy (non-hydrogen) atoms. The molecule has 1 N–H and O–H groups in total. The Bertz CT molecular complexity index is 1150. The van der Waals surface area contributed by atoms with Crippen molar-refractivity contribution in [2.45, 2.75) is 26.2 Å². The van der Waals surface area contributed by atoms with E-state index in [1.807, 2.05) is 25.8 Å². The highest BCUT2D eigenvalue weighted by Gasteiger charge is 2.43. The van der Waals surface area contributed by atoms with Crippen LogP contribution < -0.4 is 19.1 Å². The molecule has 0 atom stereocenters. The van der Waals surface area contributed by atoms with Crippen LogP contribution in [0.15, 0.2) is 36.4 Å². The van der Waals surface area contributed by atoms with E-state index in [1.54, 1.807) is 12.1 Å². The number of halogens is 2. The van der Waals surface area contributed by atoms with Gasteiger partial charge in [-0.25, -0.2) is 14.8 Å². The minimum atomic E-state index is -3.71. The summed E-state index contributed by atoms with van der Waals surface area (Å²) in [5.41, 5.74) is 1.86. The lowest BCUT2D eigenvalue weighted by Crippen LogP contribution is -2.27. The predicted octanol–water partition coefficient (Wildman–Crippen LogP) is 4.52. The first-order valence-electron chi connectivity index (χ1n) is 8.98. The fourth-order valence-electron chi connectivity index (χ4n) is 2.97. The number of carbonyl (C=O) groups is 1. The number of carboxylic acid groups (broad SMARTS) is 1. The van der Waals surface area contributed by atoms with Crippen LogP contribution in [-0.2, 0) is 0 Å². The number of fused-ring (bicyclic) bond motifs is 2. The first kappa shape index (κ1) is 19.6. The summed E-state index contributed by atoms with van der Waals surface area (Å²) >= 11 is 0. The number of anilines is 1. The van der Waals surface area contributed by atoms with Gasteiger partial charge in [0.15, 0.2) is 17.3 Å². The van der Waals surface area contributed by atoms with Crippen LogP contribution in [0.4, 0.5) is 19.4 Å². The first-order valence-corrected chi connectivity index (χ1v) is 8.98. The number of hydrogen-bond acceptors (Lipinski definition) is 7. The zero-order valence-corrected chi connectivity index (χ0v) is 16.2. The van der Waals surface area contributed by atoms with Crippen molar-refractivity contribution >= 4 is 23.0 Å². The maximum absolute atomic E-state index is 13.4. The summed E-state index contributed by atoms with van der Waals surface area (Å²) in [6.07, 6.45) is -5.15. The Hall–Kier alpha value is -3.69. The predicted molar refractivity (Wildman–Crippen MR) is 103 cm³/mol. The molecule has 0 fully saturated rings. The Labute approximate surface area is 169 Å². The Balaban J connectivity index is 1.86. The van der Waals surface area contributed by atoms with Gasteiger partial charge in [-0.3, -0.25) is 0 Å². The molecule has 10 heteroatoms. The average molecular weight is 417 g/mol. The van der Waals surface area contributed by atoms with Gasteiger partial charge in [-0.05, 0) is 44.2 Å². The summed E-state index contributed by atoms with van der Waals surface area (Å²) in [7, 11) is 1.82. The molecular formula is C20H17F2N3O5. The fraction of sp³-hybridized carbons (Fsp3) is 0.250. The lowest BCUT2D eigenvalue weighted by Gasteiger charge is -2.25. The van der Waals surface area contributed by atoms with Gasteiger partial charge in [0, 0.05) is 24.7 Å². The summed E-state index contributed by atoms with van der Waals surface area (Å²) in [6, 6.07) is 8.96. The van der Waals surface area contributed by atoms with Gasteiger partial charge < -0.3 is 24.2 Å². The van der Waals surface area contributed by atoms with Gasteiger partial charge in [0.05, 0.1) is 11.0 Å². The van der Waals surface area contributed by atoms with Crippen LogP contribution in [0.1, 0.15) is 13.8 Å². The van der Waals surface area contributed by atoms with E-state index in [4.69, 9.17) is 5.11 Å². The van der Waals surface area contributed by atoms with Crippen LogP contribution in [0, 0.1) is 0 Å². The fourth-order valence-corrected chi connectivity index (χ4v) is 2.97. The highest BCUT2D eigenvalue weighted by Crippen LogP contribution is 2.44. The minimum Gasteiger partial charge on any atom is -0.449 e. The summed E-state index contributed by atoms with van der Waals surface area (Å²) in [5, 5.41) is 8.82. The molecule has 0 saturated heterocycles. The molecule has 0 aliphatic carbocycles. The number of aromatic nitrogens is 2. The van der Waals surface area contributed by atoms with Crippen molar-refractivity contribution in [2.75, 3.05) is 11.9 Å². The van der Waals surface area contributed by atoms with Crippen LogP contribution in [0.5, 0.6) is 17.2 Å². The summed E-state index contributed by atoms with van der Waals surface area (Å²) in [6.45, 7) is 3.92.